The lowest BCUT2D eigenvalue weighted by Gasteiger charge is -2.08. The van der Waals surface area contributed by atoms with Crippen molar-refractivity contribution in [2.45, 2.75) is 26.3 Å². The molecule has 0 aliphatic rings. The van der Waals surface area contributed by atoms with Crippen LogP contribution in [0.25, 0.3) is 0 Å². The van der Waals surface area contributed by atoms with Crippen molar-refractivity contribution in [3.05, 3.63) is 35.4 Å². The number of amides is 3. The van der Waals surface area contributed by atoms with E-state index in [0.29, 0.717) is 12.1 Å². The van der Waals surface area contributed by atoms with Crippen LogP contribution >= 0.6 is 0 Å². The summed E-state index contributed by atoms with van der Waals surface area (Å²) < 4.78 is 0. The average Bonchev–Trinajstić information content (AvgIpc) is 2.50. The lowest BCUT2D eigenvalue weighted by Crippen LogP contribution is -2.36. The zero-order valence-corrected chi connectivity index (χ0v) is 12.5. The average molecular weight is 307 g/mol. The summed E-state index contributed by atoms with van der Waals surface area (Å²) in [6, 6.07) is 6.53. The Labute approximate surface area is 129 Å². The van der Waals surface area contributed by atoms with Gasteiger partial charge < -0.3 is 21.1 Å². The van der Waals surface area contributed by atoms with Gasteiger partial charge in [0.25, 0.3) is 5.91 Å². The Kier molecular flexibility index (Phi) is 7.45. The van der Waals surface area contributed by atoms with E-state index in [-0.39, 0.29) is 25.4 Å². The third kappa shape index (κ3) is 6.74. The van der Waals surface area contributed by atoms with Crippen molar-refractivity contribution in [2.75, 3.05) is 13.1 Å². The first-order chi connectivity index (χ1) is 10.5. The highest BCUT2D eigenvalue weighted by Crippen LogP contribution is 2.05. The van der Waals surface area contributed by atoms with Gasteiger partial charge in [0.05, 0.1) is 6.42 Å². The molecule has 0 heterocycles. The third-order valence-corrected chi connectivity index (χ3v) is 2.80. The molecular weight excluding hydrogens is 286 g/mol. The van der Waals surface area contributed by atoms with Crippen molar-refractivity contribution in [3.8, 4) is 0 Å². The van der Waals surface area contributed by atoms with Crippen LogP contribution in [0.3, 0.4) is 0 Å². The molecule has 120 valence electrons. The molecule has 0 atom stereocenters. The summed E-state index contributed by atoms with van der Waals surface area (Å²) in [5.74, 6) is -1.11. The van der Waals surface area contributed by atoms with Crippen molar-refractivity contribution < 1.29 is 19.5 Å². The summed E-state index contributed by atoms with van der Waals surface area (Å²) in [6.45, 7) is 2.92. The number of carboxylic acid groups (broad SMARTS) is 1. The number of carbonyl (C=O) groups excluding carboxylic acids is 2. The molecule has 1 rings (SSSR count). The van der Waals surface area contributed by atoms with Gasteiger partial charge in [-0.25, -0.2) is 4.79 Å². The van der Waals surface area contributed by atoms with Crippen LogP contribution in [-0.2, 0) is 11.3 Å². The lowest BCUT2D eigenvalue weighted by atomic mass is 10.1. The van der Waals surface area contributed by atoms with Crippen molar-refractivity contribution in [3.63, 3.8) is 0 Å². The second kappa shape index (κ2) is 9.38. The monoisotopic (exact) mass is 307 g/mol. The molecular formula is C15H21N3O4. The topological polar surface area (TPSA) is 108 Å². The van der Waals surface area contributed by atoms with Crippen LogP contribution < -0.4 is 16.0 Å². The Morgan fingerprint density at radius 3 is 2.55 bits per heavy atom. The highest BCUT2D eigenvalue weighted by atomic mass is 16.4. The molecule has 7 nitrogen and oxygen atoms in total. The molecule has 0 aliphatic heterocycles. The highest BCUT2D eigenvalue weighted by Gasteiger charge is 2.06. The molecule has 0 aliphatic carbocycles. The van der Waals surface area contributed by atoms with Crippen LogP contribution in [0.15, 0.2) is 24.3 Å². The van der Waals surface area contributed by atoms with Gasteiger partial charge in [0, 0.05) is 25.2 Å². The van der Waals surface area contributed by atoms with Crippen LogP contribution in [0.2, 0.25) is 0 Å². The Morgan fingerprint density at radius 1 is 1.09 bits per heavy atom. The number of hydrogen-bond donors (Lipinski definition) is 4. The first kappa shape index (κ1) is 17.5. The van der Waals surface area contributed by atoms with E-state index in [1.807, 2.05) is 6.92 Å². The number of rotatable bonds is 8. The van der Waals surface area contributed by atoms with E-state index in [0.717, 1.165) is 12.0 Å². The van der Waals surface area contributed by atoms with Gasteiger partial charge in [0.2, 0.25) is 0 Å². The van der Waals surface area contributed by atoms with Crippen LogP contribution in [0, 0.1) is 0 Å². The van der Waals surface area contributed by atoms with Gasteiger partial charge in [-0.2, -0.15) is 0 Å². The molecule has 0 spiro atoms. The Hall–Kier alpha value is -2.57. The van der Waals surface area contributed by atoms with Gasteiger partial charge in [-0.1, -0.05) is 19.1 Å². The zero-order valence-electron chi connectivity index (χ0n) is 12.5. The fraction of sp³-hybridized carbons (Fsp3) is 0.400. The molecule has 4 N–H and O–H groups in total. The smallest absolute Gasteiger partial charge is 0.315 e. The first-order valence-corrected chi connectivity index (χ1v) is 7.13. The molecule has 0 radical (unpaired) electrons. The van der Waals surface area contributed by atoms with E-state index >= 15 is 0 Å². The molecule has 0 unspecified atom stereocenters. The molecule has 3 amide bonds. The minimum atomic E-state index is -0.967. The van der Waals surface area contributed by atoms with Gasteiger partial charge >= 0.3 is 12.0 Å². The summed E-state index contributed by atoms with van der Waals surface area (Å²) in [6.07, 6.45) is 0.740. The van der Waals surface area contributed by atoms with Gasteiger partial charge in [-0.3, -0.25) is 9.59 Å². The maximum atomic E-state index is 11.8. The maximum absolute atomic E-state index is 11.8. The second-order valence-corrected chi connectivity index (χ2v) is 4.71. The van der Waals surface area contributed by atoms with Crippen LogP contribution in [0.5, 0.6) is 0 Å². The van der Waals surface area contributed by atoms with Crippen molar-refractivity contribution >= 4 is 17.9 Å². The summed E-state index contributed by atoms with van der Waals surface area (Å²) in [7, 11) is 0. The predicted molar refractivity (Wildman–Crippen MR) is 81.6 cm³/mol. The molecule has 1 aromatic rings. The molecule has 0 bridgehead atoms. The minimum absolute atomic E-state index is 0.0701. The fourth-order valence-corrected chi connectivity index (χ4v) is 1.69. The Bertz CT molecular complexity index is 531. The summed E-state index contributed by atoms with van der Waals surface area (Å²) in [4.78, 5) is 33.6. The first-order valence-electron chi connectivity index (χ1n) is 7.13. The molecule has 7 heteroatoms. The number of nitrogens with one attached hydrogen (secondary N) is 3. The number of hydrogen-bond acceptors (Lipinski definition) is 3. The highest BCUT2D eigenvalue weighted by molar-refractivity contribution is 5.94. The van der Waals surface area contributed by atoms with Crippen LogP contribution in [-0.4, -0.2) is 36.1 Å². The lowest BCUT2D eigenvalue weighted by molar-refractivity contribution is -0.136. The number of urea groups is 1. The third-order valence-electron chi connectivity index (χ3n) is 2.80. The summed E-state index contributed by atoms with van der Waals surface area (Å²) >= 11 is 0. The van der Waals surface area contributed by atoms with E-state index in [4.69, 9.17) is 5.11 Å². The van der Waals surface area contributed by atoms with E-state index in [9.17, 15) is 14.4 Å². The SMILES string of the molecule is CCCNC(=O)c1cccc(CNC(=O)NCCC(=O)O)c1. The fourth-order valence-electron chi connectivity index (χ4n) is 1.69. The van der Waals surface area contributed by atoms with E-state index in [1.165, 1.54) is 0 Å². The van der Waals surface area contributed by atoms with Gasteiger partial charge in [0.15, 0.2) is 0 Å². The predicted octanol–water partition coefficient (Wildman–Crippen LogP) is 1.10. The maximum Gasteiger partial charge on any atom is 0.315 e. The molecule has 1 aromatic carbocycles. The Balaban J connectivity index is 2.44. The minimum Gasteiger partial charge on any atom is -0.481 e. The van der Waals surface area contributed by atoms with E-state index in [1.54, 1.807) is 24.3 Å². The summed E-state index contributed by atoms with van der Waals surface area (Å²) in [5, 5.41) is 16.3. The van der Waals surface area contributed by atoms with Gasteiger partial charge in [-0.15, -0.1) is 0 Å². The molecule has 0 fully saturated rings. The standard InChI is InChI=1S/C15H21N3O4/c1-2-7-16-14(21)12-5-3-4-11(9-12)10-18-15(22)17-8-6-13(19)20/h3-5,9H,2,6-8,10H2,1H3,(H,16,21)(H,19,20)(H2,17,18,22). The second-order valence-electron chi connectivity index (χ2n) is 4.71. The quantitative estimate of drug-likeness (QED) is 0.577. The number of carboxylic acids is 1. The molecule has 22 heavy (non-hydrogen) atoms. The molecule has 0 aromatic heterocycles. The van der Waals surface area contributed by atoms with Crippen LogP contribution in [0.4, 0.5) is 4.79 Å². The summed E-state index contributed by atoms with van der Waals surface area (Å²) in [5.41, 5.74) is 1.33. The largest absolute Gasteiger partial charge is 0.481 e. The number of benzene rings is 1. The van der Waals surface area contributed by atoms with Gasteiger partial charge in [0.1, 0.15) is 0 Å². The number of carbonyl (C=O) groups is 3. The number of aliphatic carboxylic acids is 1. The van der Waals surface area contributed by atoms with Gasteiger partial charge in [-0.05, 0) is 24.1 Å². The van der Waals surface area contributed by atoms with Crippen LogP contribution in [0.1, 0.15) is 35.7 Å². The van der Waals surface area contributed by atoms with Crippen molar-refractivity contribution in [1.82, 2.24) is 16.0 Å². The van der Waals surface area contributed by atoms with E-state index in [2.05, 4.69) is 16.0 Å². The van der Waals surface area contributed by atoms with Crippen molar-refractivity contribution in [2.24, 2.45) is 0 Å². The van der Waals surface area contributed by atoms with Crippen molar-refractivity contribution in [1.29, 1.82) is 0 Å². The molecule has 0 saturated carbocycles. The zero-order chi connectivity index (χ0) is 16.4. The van der Waals surface area contributed by atoms with E-state index < -0.39 is 12.0 Å². The normalized spacial score (nSPS) is 9.86. The molecule has 0 saturated heterocycles. The Morgan fingerprint density at radius 2 is 1.86 bits per heavy atom.